The van der Waals surface area contributed by atoms with Crippen molar-refractivity contribution >= 4 is 28.7 Å². The standard InChI is InChI=1S/C29H36N2O3S/c1-29(2,34-28(32)35)16-22-15-25(30-17-22)20-31(18-21-11-13-26(33-3)14-12-21)19-24-9-6-8-23-7-4-5-10-27(23)24/h4-14,22,25,30H,15-20H2,1-3H3,(H,32,35)/t22-,25-/m0/s1. The molecule has 3 aromatic rings. The Morgan fingerprint density at radius 1 is 1.06 bits per heavy atom. The first kappa shape index (κ1) is 25.5. The Hall–Kier alpha value is -2.54. The van der Waals surface area contributed by atoms with Crippen LogP contribution in [0.4, 0.5) is 4.79 Å². The van der Waals surface area contributed by atoms with Gasteiger partial charge in [-0.05, 0) is 73.2 Å². The van der Waals surface area contributed by atoms with Gasteiger partial charge in [0.2, 0.25) is 0 Å². The van der Waals surface area contributed by atoms with Gasteiger partial charge in [0.15, 0.2) is 0 Å². The van der Waals surface area contributed by atoms with Crippen LogP contribution in [0.15, 0.2) is 66.7 Å². The molecule has 186 valence electrons. The number of methoxy groups -OCH3 is 1. The number of benzene rings is 3. The zero-order chi connectivity index (χ0) is 24.8. The van der Waals surface area contributed by atoms with Crippen molar-refractivity contribution in [2.75, 3.05) is 20.2 Å². The van der Waals surface area contributed by atoms with Gasteiger partial charge in [0, 0.05) is 25.7 Å². The fraction of sp³-hybridized carbons (Fsp3) is 0.414. The lowest BCUT2D eigenvalue weighted by Crippen LogP contribution is -2.36. The average molecular weight is 493 g/mol. The topological polar surface area (TPSA) is 50.8 Å². The van der Waals surface area contributed by atoms with Crippen molar-refractivity contribution in [3.8, 4) is 5.75 Å². The number of nitrogens with one attached hydrogen (secondary N) is 1. The van der Waals surface area contributed by atoms with Crippen LogP contribution < -0.4 is 10.1 Å². The van der Waals surface area contributed by atoms with Crippen LogP contribution in [0.5, 0.6) is 5.75 Å². The van der Waals surface area contributed by atoms with E-state index in [9.17, 15) is 4.79 Å². The van der Waals surface area contributed by atoms with Gasteiger partial charge in [-0.1, -0.05) is 67.2 Å². The highest BCUT2D eigenvalue weighted by molar-refractivity contribution is 7.96. The van der Waals surface area contributed by atoms with Crippen LogP contribution >= 0.6 is 12.6 Å². The van der Waals surface area contributed by atoms with Crippen LogP contribution in [0.3, 0.4) is 0 Å². The largest absolute Gasteiger partial charge is 0.497 e. The number of thiol groups is 1. The molecule has 0 saturated carbocycles. The molecule has 1 N–H and O–H groups in total. The van der Waals surface area contributed by atoms with E-state index in [0.717, 1.165) is 44.8 Å². The summed E-state index contributed by atoms with van der Waals surface area (Å²) in [5, 5.41) is 5.78. The Kier molecular flexibility index (Phi) is 8.37. The molecule has 4 rings (SSSR count). The van der Waals surface area contributed by atoms with Crippen LogP contribution in [-0.2, 0) is 17.8 Å². The zero-order valence-corrected chi connectivity index (χ0v) is 21.8. The van der Waals surface area contributed by atoms with Gasteiger partial charge in [0.1, 0.15) is 11.4 Å². The van der Waals surface area contributed by atoms with E-state index in [4.69, 9.17) is 9.47 Å². The van der Waals surface area contributed by atoms with Crippen LogP contribution in [0, 0.1) is 5.92 Å². The van der Waals surface area contributed by atoms with Crippen molar-refractivity contribution in [2.45, 2.75) is 51.4 Å². The molecule has 0 aromatic heterocycles. The van der Waals surface area contributed by atoms with E-state index in [-0.39, 0.29) is 0 Å². The minimum atomic E-state index is -0.515. The number of carbonyl (C=O) groups excluding carboxylic acids is 1. The highest BCUT2D eigenvalue weighted by Crippen LogP contribution is 2.29. The molecular weight excluding hydrogens is 456 g/mol. The summed E-state index contributed by atoms with van der Waals surface area (Å²) < 4.78 is 10.8. The van der Waals surface area contributed by atoms with Crippen molar-refractivity contribution in [2.24, 2.45) is 5.92 Å². The molecule has 1 heterocycles. The molecule has 2 atom stereocenters. The van der Waals surface area contributed by atoms with E-state index in [1.807, 2.05) is 26.0 Å². The van der Waals surface area contributed by atoms with E-state index in [1.165, 1.54) is 21.9 Å². The second-order valence-corrected chi connectivity index (χ2v) is 10.6. The van der Waals surface area contributed by atoms with Crippen LogP contribution in [-0.4, -0.2) is 42.0 Å². The van der Waals surface area contributed by atoms with E-state index in [2.05, 4.69) is 77.4 Å². The van der Waals surface area contributed by atoms with Crippen molar-refractivity contribution in [1.29, 1.82) is 0 Å². The summed E-state index contributed by atoms with van der Waals surface area (Å²) in [4.78, 5) is 13.9. The highest BCUT2D eigenvalue weighted by atomic mass is 32.1. The van der Waals surface area contributed by atoms with E-state index >= 15 is 0 Å². The number of hydrogen-bond donors (Lipinski definition) is 2. The third-order valence-corrected chi connectivity index (χ3v) is 6.87. The van der Waals surface area contributed by atoms with Gasteiger partial charge in [-0.2, -0.15) is 0 Å². The first-order chi connectivity index (χ1) is 16.8. The summed E-state index contributed by atoms with van der Waals surface area (Å²) >= 11 is 3.79. The molecule has 1 aliphatic heterocycles. The van der Waals surface area contributed by atoms with Gasteiger partial charge < -0.3 is 14.8 Å². The van der Waals surface area contributed by atoms with Gasteiger partial charge in [-0.15, -0.1) is 0 Å². The molecule has 6 heteroatoms. The van der Waals surface area contributed by atoms with Crippen LogP contribution in [0.1, 0.15) is 37.8 Å². The molecule has 35 heavy (non-hydrogen) atoms. The van der Waals surface area contributed by atoms with Crippen LogP contribution in [0.2, 0.25) is 0 Å². The third-order valence-electron chi connectivity index (χ3n) is 6.77. The Morgan fingerprint density at radius 2 is 1.80 bits per heavy atom. The number of rotatable bonds is 10. The normalized spacial score (nSPS) is 18.2. The van der Waals surface area contributed by atoms with Crippen molar-refractivity contribution < 1.29 is 14.3 Å². The average Bonchev–Trinajstić information content (AvgIpc) is 3.24. The number of nitrogens with zero attached hydrogens (tertiary/aromatic N) is 1. The van der Waals surface area contributed by atoms with Gasteiger partial charge in [0.05, 0.1) is 7.11 Å². The van der Waals surface area contributed by atoms with Crippen molar-refractivity contribution in [1.82, 2.24) is 10.2 Å². The first-order valence-corrected chi connectivity index (χ1v) is 12.7. The van der Waals surface area contributed by atoms with Gasteiger partial charge in [0.25, 0.3) is 0 Å². The van der Waals surface area contributed by atoms with Gasteiger partial charge in [-0.25, -0.2) is 4.79 Å². The third kappa shape index (κ3) is 7.23. The summed E-state index contributed by atoms with van der Waals surface area (Å²) in [5.41, 5.74) is 2.10. The predicted molar refractivity (Wildman–Crippen MR) is 145 cm³/mol. The summed E-state index contributed by atoms with van der Waals surface area (Å²) in [7, 11) is 1.70. The van der Waals surface area contributed by atoms with Crippen molar-refractivity contribution in [3.63, 3.8) is 0 Å². The molecule has 0 spiro atoms. The Bertz CT molecular complexity index is 1130. The van der Waals surface area contributed by atoms with E-state index in [1.54, 1.807) is 7.11 Å². The number of ether oxygens (including phenoxy) is 2. The molecule has 0 unspecified atom stereocenters. The maximum atomic E-state index is 11.3. The molecule has 0 aliphatic carbocycles. The molecule has 0 amide bonds. The Morgan fingerprint density at radius 3 is 2.54 bits per heavy atom. The Balaban J connectivity index is 1.48. The lowest BCUT2D eigenvalue weighted by molar-refractivity contribution is 0.0398. The Labute approximate surface area is 214 Å². The second kappa shape index (κ2) is 11.5. The van der Waals surface area contributed by atoms with E-state index in [0.29, 0.717) is 12.0 Å². The zero-order valence-electron chi connectivity index (χ0n) is 20.9. The number of fused-ring (bicyclic) bond motifs is 1. The highest BCUT2D eigenvalue weighted by Gasteiger charge is 2.32. The monoisotopic (exact) mass is 492 g/mol. The molecule has 3 aromatic carbocycles. The molecule has 1 saturated heterocycles. The van der Waals surface area contributed by atoms with Crippen LogP contribution in [0.25, 0.3) is 10.8 Å². The fourth-order valence-electron chi connectivity index (χ4n) is 5.33. The maximum Gasteiger partial charge on any atom is 0.364 e. The summed E-state index contributed by atoms with van der Waals surface area (Å²) in [6.45, 7) is 7.54. The maximum absolute atomic E-state index is 11.3. The quantitative estimate of drug-likeness (QED) is 0.266. The molecule has 0 bridgehead atoms. The number of hydrogen-bond acceptors (Lipinski definition) is 5. The van der Waals surface area contributed by atoms with Crippen molar-refractivity contribution in [3.05, 3.63) is 77.9 Å². The fourth-order valence-corrected chi connectivity index (χ4v) is 5.57. The summed E-state index contributed by atoms with van der Waals surface area (Å²) in [6, 6.07) is 23.9. The lowest BCUT2D eigenvalue weighted by atomic mass is 9.91. The SMILES string of the molecule is COc1ccc(CN(Cc2cccc3ccccc23)C[C@@H]2C[C@@H](CC(C)(C)OC(=O)S)CN2)cc1. The molecular formula is C29H36N2O3S. The summed E-state index contributed by atoms with van der Waals surface area (Å²) in [5.74, 6) is 1.34. The molecule has 5 nitrogen and oxygen atoms in total. The van der Waals surface area contributed by atoms with Gasteiger partial charge in [-0.3, -0.25) is 4.90 Å². The lowest BCUT2D eigenvalue weighted by Gasteiger charge is -2.28. The minimum absolute atomic E-state index is 0.385. The van der Waals surface area contributed by atoms with Gasteiger partial charge >= 0.3 is 5.30 Å². The molecule has 1 aliphatic rings. The first-order valence-electron chi connectivity index (χ1n) is 12.3. The summed E-state index contributed by atoms with van der Waals surface area (Å²) in [6.07, 6.45) is 1.88. The second-order valence-electron chi connectivity index (χ2n) is 10.2. The smallest absolute Gasteiger partial charge is 0.364 e. The minimum Gasteiger partial charge on any atom is -0.497 e. The molecule has 1 fully saturated rings. The predicted octanol–water partition coefficient (Wildman–Crippen LogP) is 6.06. The number of carbonyl (C=O) groups is 1. The molecule has 0 radical (unpaired) electrons. The van der Waals surface area contributed by atoms with E-state index < -0.39 is 10.9 Å².